The van der Waals surface area contributed by atoms with E-state index in [1.165, 1.54) is 11.3 Å². The Morgan fingerprint density at radius 3 is 2.63 bits per heavy atom. The molecule has 1 aliphatic carbocycles. The van der Waals surface area contributed by atoms with E-state index < -0.39 is 5.41 Å². The zero-order valence-electron chi connectivity index (χ0n) is 11.2. The van der Waals surface area contributed by atoms with Crippen LogP contribution in [0.4, 0.5) is 5.82 Å². The summed E-state index contributed by atoms with van der Waals surface area (Å²) in [6.07, 6.45) is 6.96. The molecule has 0 atom stereocenters. The fourth-order valence-corrected chi connectivity index (χ4v) is 3.34. The highest BCUT2D eigenvalue weighted by molar-refractivity contribution is 6.22. The van der Waals surface area contributed by atoms with Crippen molar-refractivity contribution in [3.63, 3.8) is 0 Å². The lowest BCUT2D eigenvalue weighted by atomic mass is 9.73. The van der Waals surface area contributed by atoms with Gasteiger partial charge >= 0.3 is 0 Å². The molecule has 1 spiro atoms. The van der Waals surface area contributed by atoms with E-state index in [1.807, 2.05) is 19.1 Å². The lowest BCUT2D eigenvalue weighted by molar-refractivity contribution is -0.127. The van der Waals surface area contributed by atoms with E-state index in [9.17, 15) is 9.59 Å². The molecule has 19 heavy (non-hydrogen) atoms. The van der Waals surface area contributed by atoms with E-state index in [0.29, 0.717) is 12.2 Å². The third kappa shape index (κ3) is 1.86. The van der Waals surface area contributed by atoms with Crippen molar-refractivity contribution in [2.24, 2.45) is 5.41 Å². The third-order valence-electron chi connectivity index (χ3n) is 4.40. The van der Waals surface area contributed by atoms with Crippen LogP contribution >= 0.6 is 0 Å². The molecule has 1 aromatic heterocycles. The van der Waals surface area contributed by atoms with Crippen LogP contribution in [-0.4, -0.2) is 16.8 Å². The van der Waals surface area contributed by atoms with Crippen LogP contribution in [0.5, 0.6) is 0 Å². The highest BCUT2D eigenvalue weighted by atomic mass is 16.2. The first-order valence-corrected chi connectivity index (χ1v) is 6.93. The number of pyridine rings is 1. The molecule has 1 saturated heterocycles. The number of aryl methyl sites for hydroxylation is 1. The second-order valence-electron chi connectivity index (χ2n) is 5.70. The Hall–Kier alpha value is -1.71. The molecule has 2 heterocycles. The number of nitrogens with zero attached hydrogens (tertiary/aromatic N) is 2. The van der Waals surface area contributed by atoms with Crippen molar-refractivity contribution < 1.29 is 9.59 Å². The van der Waals surface area contributed by atoms with Gasteiger partial charge in [-0.15, -0.1) is 0 Å². The van der Waals surface area contributed by atoms with Crippen molar-refractivity contribution >= 4 is 17.6 Å². The minimum absolute atomic E-state index is 0.0287. The molecule has 100 valence electrons. The Balaban J connectivity index is 1.98. The zero-order chi connectivity index (χ0) is 13.5. The molecule has 2 amide bonds. The largest absolute Gasteiger partial charge is 0.274 e. The van der Waals surface area contributed by atoms with Gasteiger partial charge in [-0.3, -0.25) is 9.59 Å². The van der Waals surface area contributed by atoms with Crippen LogP contribution in [0.3, 0.4) is 0 Å². The maximum Gasteiger partial charge on any atom is 0.241 e. The van der Waals surface area contributed by atoms with E-state index in [4.69, 9.17) is 0 Å². The van der Waals surface area contributed by atoms with E-state index in [0.717, 1.165) is 31.2 Å². The maximum absolute atomic E-state index is 12.7. The summed E-state index contributed by atoms with van der Waals surface area (Å²) in [5, 5.41) is 0. The first-order chi connectivity index (χ1) is 9.14. The van der Waals surface area contributed by atoms with Gasteiger partial charge in [-0.25, -0.2) is 9.88 Å². The van der Waals surface area contributed by atoms with Crippen LogP contribution in [0.25, 0.3) is 0 Å². The third-order valence-corrected chi connectivity index (χ3v) is 4.40. The van der Waals surface area contributed by atoms with Crippen molar-refractivity contribution in [1.82, 2.24) is 4.98 Å². The first-order valence-electron chi connectivity index (χ1n) is 6.93. The molecule has 1 saturated carbocycles. The molecule has 3 rings (SSSR count). The topological polar surface area (TPSA) is 50.3 Å². The molecule has 2 fully saturated rings. The maximum atomic E-state index is 12.7. The molecular weight excluding hydrogens is 240 g/mol. The van der Waals surface area contributed by atoms with E-state index in [-0.39, 0.29) is 11.8 Å². The van der Waals surface area contributed by atoms with Crippen molar-refractivity contribution in [1.29, 1.82) is 0 Å². The van der Waals surface area contributed by atoms with Crippen molar-refractivity contribution in [3.8, 4) is 0 Å². The first kappa shape index (κ1) is 12.3. The number of rotatable bonds is 1. The summed E-state index contributed by atoms with van der Waals surface area (Å²) in [5.41, 5.74) is 0.441. The molecule has 0 unspecified atom stereocenters. The minimum atomic E-state index is -0.431. The summed E-state index contributed by atoms with van der Waals surface area (Å²) < 4.78 is 0. The number of anilines is 1. The highest BCUT2D eigenvalue weighted by Crippen LogP contribution is 2.46. The van der Waals surface area contributed by atoms with Gasteiger partial charge in [-0.2, -0.15) is 0 Å². The Morgan fingerprint density at radius 2 is 1.95 bits per heavy atom. The van der Waals surface area contributed by atoms with Gasteiger partial charge in [-0.1, -0.05) is 25.3 Å². The van der Waals surface area contributed by atoms with Crippen molar-refractivity contribution in [2.75, 3.05) is 4.90 Å². The van der Waals surface area contributed by atoms with Gasteiger partial charge in [0.2, 0.25) is 11.8 Å². The van der Waals surface area contributed by atoms with Gasteiger partial charge in [0.15, 0.2) is 0 Å². The monoisotopic (exact) mass is 258 g/mol. The fraction of sp³-hybridized carbons (Fsp3) is 0.533. The van der Waals surface area contributed by atoms with Gasteiger partial charge in [-0.05, 0) is 31.4 Å². The normalized spacial score (nSPS) is 22.3. The summed E-state index contributed by atoms with van der Waals surface area (Å²) in [4.78, 5) is 30.5. The number of imide groups is 1. The van der Waals surface area contributed by atoms with E-state index >= 15 is 0 Å². The van der Waals surface area contributed by atoms with Gasteiger partial charge < -0.3 is 0 Å². The molecular formula is C15H18N2O2. The smallest absolute Gasteiger partial charge is 0.241 e. The molecule has 2 aliphatic rings. The SMILES string of the molecule is Cc1cccnc1N1C(=O)CC2(CCCCC2)C1=O. The predicted octanol–water partition coefficient (Wildman–Crippen LogP) is 2.60. The van der Waals surface area contributed by atoms with E-state index in [2.05, 4.69) is 4.98 Å². The Bertz CT molecular complexity index is 533. The molecule has 0 N–H and O–H groups in total. The summed E-state index contributed by atoms with van der Waals surface area (Å²) in [7, 11) is 0. The molecule has 0 bridgehead atoms. The predicted molar refractivity (Wildman–Crippen MR) is 71.6 cm³/mol. The summed E-state index contributed by atoms with van der Waals surface area (Å²) in [6, 6.07) is 3.70. The highest BCUT2D eigenvalue weighted by Gasteiger charge is 2.52. The number of hydrogen-bond donors (Lipinski definition) is 0. The average Bonchev–Trinajstić information content (AvgIpc) is 2.63. The fourth-order valence-electron chi connectivity index (χ4n) is 3.34. The second-order valence-corrected chi connectivity index (χ2v) is 5.70. The second kappa shape index (κ2) is 4.44. The summed E-state index contributed by atoms with van der Waals surface area (Å²) in [6.45, 7) is 1.88. The van der Waals surface area contributed by atoms with Gasteiger partial charge in [0, 0.05) is 12.6 Å². The average molecular weight is 258 g/mol. The lowest BCUT2D eigenvalue weighted by Crippen LogP contribution is -2.37. The number of amides is 2. The molecule has 1 aromatic rings. The van der Waals surface area contributed by atoms with Crippen LogP contribution in [0.1, 0.15) is 44.1 Å². The Morgan fingerprint density at radius 1 is 1.21 bits per heavy atom. The summed E-state index contributed by atoms with van der Waals surface area (Å²) in [5.74, 6) is 0.396. The molecule has 4 nitrogen and oxygen atoms in total. The minimum Gasteiger partial charge on any atom is -0.274 e. The lowest BCUT2D eigenvalue weighted by Gasteiger charge is -2.30. The summed E-state index contributed by atoms with van der Waals surface area (Å²) >= 11 is 0. The zero-order valence-corrected chi connectivity index (χ0v) is 11.2. The Kier molecular flexibility index (Phi) is 2.88. The van der Waals surface area contributed by atoms with Gasteiger partial charge in [0.25, 0.3) is 0 Å². The number of carbonyl (C=O) groups is 2. The van der Waals surface area contributed by atoms with Crippen molar-refractivity contribution in [2.45, 2.75) is 45.4 Å². The number of hydrogen-bond acceptors (Lipinski definition) is 3. The van der Waals surface area contributed by atoms with Crippen LogP contribution in [0.15, 0.2) is 18.3 Å². The van der Waals surface area contributed by atoms with Gasteiger partial charge in [0.1, 0.15) is 5.82 Å². The van der Waals surface area contributed by atoms with Crippen LogP contribution < -0.4 is 4.90 Å². The van der Waals surface area contributed by atoms with Gasteiger partial charge in [0.05, 0.1) is 5.41 Å². The molecule has 1 aliphatic heterocycles. The van der Waals surface area contributed by atoms with E-state index in [1.54, 1.807) is 6.20 Å². The number of carbonyl (C=O) groups excluding carboxylic acids is 2. The standard InChI is InChI=1S/C15H18N2O2/c1-11-6-5-9-16-13(11)17-12(18)10-15(14(17)19)7-3-2-4-8-15/h5-6,9H,2-4,7-8,10H2,1H3. The number of aromatic nitrogens is 1. The van der Waals surface area contributed by atoms with Crippen LogP contribution in [0.2, 0.25) is 0 Å². The molecule has 0 aromatic carbocycles. The molecule has 0 radical (unpaired) electrons. The Labute approximate surface area is 112 Å². The van der Waals surface area contributed by atoms with Crippen molar-refractivity contribution in [3.05, 3.63) is 23.9 Å². The quantitative estimate of drug-likeness (QED) is 0.727. The van der Waals surface area contributed by atoms with Crippen LogP contribution in [-0.2, 0) is 9.59 Å². The molecule has 4 heteroatoms. The van der Waals surface area contributed by atoms with Crippen LogP contribution in [0, 0.1) is 12.3 Å².